The summed E-state index contributed by atoms with van der Waals surface area (Å²) in [7, 11) is 1.59. The number of hydrogen-bond donors (Lipinski definition) is 2. The fraction of sp³-hybridized carbons (Fsp3) is 0.364. The summed E-state index contributed by atoms with van der Waals surface area (Å²) in [5.41, 5.74) is 2.02. The van der Waals surface area contributed by atoms with Crippen molar-refractivity contribution in [3.63, 3.8) is 0 Å². The highest BCUT2D eigenvalue weighted by atomic mass is 79.9. The Morgan fingerprint density at radius 2 is 2.07 bits per heavy atom. The monoisotopic (exact) mass is 270 g/mol. The van der Waals surface area contributed by atoms with Crippen LogP contribution >= 0.6 is 15.9 Å². The van der Waals surface area contributed by atoms with Crippen LogP contribution in [0.15, 0.2) is 22.7 Å². The molecule has 0 aliphatic rings. The minimum absolute atomic E-state index is 0.215. The third kappa shape index (κ3) is 3.23. The Bertz CT molecular complexity index is 364. The maximum atomic E-state index is 11.1. The van der Waals surface area contributed by atoms with E-state index >= 15 is 0 Å². The number of nitrogens with one attached hydrogen (secondary N) is 2. The van der Waals surface area contributed by atoms with E-state index in [9.17, 15) is 4.79 Å². The van der Waals surface area contributed by atoms with Crippen LogP contribution < -0.4 is 10.6 Å². The van der Waals surface area contributed by atoms with Gasteiger partial charge in [0.05, 0.1) is 5.69 Å². The zero-order valence-corrected chi connectivity index (χ0v) is 10.7. The number of urea groups is 1. The molecule has 0 saturated carbocycles. The van der Waals surface area contributed by atoms with Gasteiger partial charge >= 0.3 is 6.03 Å². The summed E-state index contributed by atoms with van der Waals surface area (Å²) >= 11 is 3.43. The molecule has 2 amide bonds. The molecule has 0 aliphatic heterocycles. The molecule has 0 radical (unpaired) electrons. The quantitative estimate of drug-likeness (QED) is 0.851. The van der Waals surface area contributed by atoms with E-state index in [4.69, 9.17) is 0 Å². The molecule has 0 saturated heterocycles. The van der Waals surface area contributed by atoms with Crippen LogP contribution in [0.25, 0.3) is 0 Å². The maximum Gasteiger partial charge on any atom is 0.319 e. The molecule has 0 aromatic heterocycles. The van der Waals surface area contributed by atoms with Crippen LogP contribution in [0.1, 0.15) is 25.3 Å². The lowest BCUT2D eigenvalue weighted by Crippen LogP contribution is -2.24. The first-order valence-electron chi connectivity index (χ1n) is 4.82. The van der Waals surface area contributed by atoms with Crippen molar-refractivity contribution >= 4 is 27.6 Å². The number of halogens is 1. The zero-order valence-electron chi connectivity index (χ0n) is 9.10. The van der Waals surface area contributed by atoms with Gasteiger partial charge in [0.1, 0.15) is 0 Å². The number of benzene rings is 1. The van der Waals surface area contributed by atoms with Gasteiger partial charge in [-0.3, -0.25) is 0 Å². The second kappa shape index (κ2) is 5.16. The summed E-state index contributed by atoms with van der Waals surface area (Å²) in [6.07, 6.45) is 0. The van der Waals surface area contributed by atoms with Gasteiger partial charge in [-0.25, -0.2) is 4.79 Å². The van der Waals surface area contributed by atoms with Crippen molar-refractivity contribution in [3.05, 3.63) is 28.2 Å². The fourth-order valence-corrected chi connectivity index (χ4v) is 1.67. The summed E-state index contributed by atoms with van der Waals surface area (Å²) in [6.45, 7) is 4.27. The fourth-order valence-electron chi connectivity index (χ4n) is 1.18. The van der Waals surface area contributed by atoms with Crippen molar-refractivity contribution < 1.29 is 4.79 Å². The first-order chi connectivity index (χ1) is 7.04. The van der Waals surface area contributed by atoms with Gasteiger partial charge in [-0.05, 0) is 39.5 Å². The van der Waals surface area contributed by atoms with Crippen LogP contribution in [0.5, 0.6) is 0 Å². The SMILES string of the molecule is CNC(=O)Nc1ccc(C(C)C)cc1Br. The standard InChI is InChI=1S/C11H15BrN2O/c1-7(2)8-4-5-10(9(12)6-8)14-11(15)13-3/h4-7H,1-3H3,(H2,13,14,15). The van der Waals surface area contributed by atoms with Crippen LogP contribution in [0, 0.1) is 0 Å². The van der Waals surface area contributed by atoms with Crippen LogP contribution in [0.2, 0.25) is 0 Å². The zero-order chi connectivity index (χ0) is 11.4. The lowest BCUT2D eigenvalue weighted by Gasteiger charge is -2.10. The summed E-state index contributed by atoms with van der Waals surface area (Å²) in [5, 5.41) is 5.24. The Labute approximate surface area is 98.4 Å². The number of carbonyl (C=O) groups is 1. The third-order valence-electron chi connectivity index (χ3n) is 2.14. The van der Waals surface area contributed by atoms with E-state index in [1.807, 2.05) is 18.2 Å². The molecule has 82 valence electrons. The molecule has 0 bridgehead atoms. The van der Waals surface area contributed by atoms with Crippen molar-refractivity contribution in [2.75, 3.05) is 12.4 Å². The third-order valence-corrected chi connectivity index (χ3v) is 2.79. The van der Waals surface area contributed by atoms with Crippen LogP contribution in [0.3, 0.4) is 0 Å². The van der Waals surface area contributed by atoms with Gasteiger partial charge in [0, 0.05) is 11.5 Å². The van der Waals surface area contributed by atoms with E-state index < -0.39 is 0 Å². The predicted octanol–water partition coefficient (Wildman–Crippen LogP) is 3.32. The van der Waals surface area contributed by atoms with Crippen molar-refractivity contribution in [2.24, 2.45) is 0 Å². The molecule has 1 rings (SSSR count). The van der Waals surface area contributed by atoms with Gasteiger partial charge in [-0.15, -0.1) is 0 Å². The molecule has 0 aliphatic carbocycles. The predicted molar refractivity (Wildman–Crippen MR) is 66.3 cm³/mol. The van der Waals surface area contributed by atoms with Gasteiger partial charge in [0.15, 0.2) is 0 Å². The number of amides is 2. The van der Waals surface area contributed by atoms with E-state index in [1.54, 1.807) is 7.05 Å². The molecule has 0 heterocycles. The highest BCUT2D eigenvalue weighted by Crippen LogP contribution is 2.26. The Kier molecular flexibility index (Phi) is 4.15. The lowest BCUT2D eigenvalue weighted by molar-refractivity contribution is 0.254. The molecule has 4 heteroatoms. The van der Waals surface area contributed by atoms with Crippen molar-refractivity contribution in [3.8, 4) is 0 Å². The van der Waals surface area contributed by atoms with Gasteiger partial charge < -0.3 is 10.6 Å². The molecule has 0 fully saturated rings. The Morgan fingerprint density at radius 3 is 2.53 bits per heavy atom. The Morgan fingerprint density at radius 1 is 1.40 bits per heavy atom. The highest BCUT2D eigenvalue weighted by Gasteiger charge is 2.06. The number of hydrogen-bond acceptors (Lipinski definition) is 1. The molecule has 2 N–H and O–H groups in total. The average molecular weight is 271 g/mol. The first kappa shape index (κ1) is 12.0. The molecule has 15 heavy (non-hydrogen) atoms. The molecule has 0 spiro atoms. The minimum Gasteiger partial charge on any atom is -0.341 e. The molecule has 0 atom stereocenters. The second-order valence-electron chi connectivity index (χ2n) is 3.60. The van der Waals surface area contributed by atoms with E-state index in [0.717, 1.165) is 10.2 Å². The summed E-state index contributed by atoms with van der Waals surface area (Å²) < 4.78 is 0.900. The van der Waals surface area contributed by atoms with Crippen molar-refractivity contribution in [1.29, 1.82) is 0 Å². The number of rotatable bonds is 2. The minimum atomic E-state index is -0.215. The van der Waals surface area contributed by atoms with E-state index in [0.29, 0.717) is 5.92 Å². The topological polar surface area (TPSA) is 41.1 Å². The Balaban J connectivity index is 2.88. The van der Waals surface area contributed by atoms with Gasteiger partial charge in [0.25, 0.3) is 0 Å². The normalized spacial score (nSPS) is 10.2. The summed E-state index contributed by atoms with van der Waals surface area (Å²) in [6, 6.07) is 5.72. The summed E-state index contributed by atoms with van der Waals surface area (Å²) in [4.78, 5) is 11.1. The molecular formula is C11H15BrN2O. The first-order valence-corrected chi connectivity index (χ1v) is 5.62. The second-order valence-corrected chi connectivity index (χ2v) is 4.45. The van der Waals surface area contributed by atoms with Crippen LogP contribution in [-0.2, 0) is 0 Å². The highest BCUT2D eigenvalue weighted by molar-refractivity contribution is 9.10. The smallest absolute Gasteiger partial charge is 0.319 e. The summed E-state index contributed by atoms with van der Waals surface area (Å²) in [5.74, 6) is 0.482. The number of carbonyl (C=O) groups excluding carboxylic acids is 1. The number of anilines is 1. The maximum absolute atomic E-state index is 11.1. The van der Waals surface area contributed by atoms with Crippen LogP contribution in [0.4, 0.5) is 10.5 Å². The Hall–Kier alpha value is -1.03. The van der Waals surface area contributed by atoms with E-state index in [2.05, 4.69) is 40.4 Å². The average Bonchev–Trinajstić information content (AvgIpc) is 2.20. The molecule has 3 nitrogen and oxygen atoms in total. The molecular weight excluding hydrogens is 256 g/mol. The van der Waals surface area contributed by atoms with E-state index in [1.165, 1.54) is 5.56 Å². The van der Waals surface area contributed by atoms with Gasteiger partial charge in [-0.2, -0.15) is 0 Å². The largest absolute Gasteiger partial charge is 0.341 e. The van der Waals surface area contributed by atoms with Gasteiger partial charge in [0.2, 0.25) is 0 Å². The van der Waals surface area contributed by atoms with Crippen molar-refractivity contribution in [1.82, 2.24) is 5.32 Å². The molecule has 0 unspecified atom stereocenters. The van der Waals surface area contributed by atoms with Crippen LogP contribution in [-0.4, -0.2) is 13.1 Å². The van der Waals surface area contributed by atoms with Gasteiger partial charge in [-0.1, -0.05) is 19.9 Å². The molecule has 1 aromatic carbocycles. The molecule has 1 aromatic rings. The van der Waals surface area contributed by atoms with E-state index in [-0.39, 0.29) is 6.03 Å². The lowest BCUT2D eigenvalue weighted by atomic mass is 10.0. The van der Waals surface area contributed by atoms with Crippen molar-refractivity contribution in [2.45, 2.75) is 19.8 Å².